The van der Waals surface area contributed by atoms with Crippen molar-refractivity contribution in [1.82, 2.24) is 15.1 Å². The van der Waals surface area contributed by atoms with Gasteiger partial charge >= 0.3 is 12.1 Å². The largest absolute Gasteiger partial charge is 0.336 e. The molecule has 0 spiro atoms. The Morgan fingerprint density at radius 1 is 1.79 bits per heavy atom. The minimum Gasteiger partial charge on any atom is -0.336 e. The molecule has 0 atom stereocenters. The van der Waals surface area contributed by atoms with Crippen LogP contribution in [-0.2, 0) is 0 Å². The molecule has 1 rings (SSSR count). The third kappa shape index (κ3) is 2.13. The van der Waals surface area contributed by atoms with Gasteiger partial charge < -0.3 is 10.2 Å². The fourth-order valence-electron chi connectivity index (χ4n) is 1.17. The molecular weight excluding hydrogens is 184 g/mol. The fourth-order valence-corrected chi connectivity index (χ4v) is 1.17. The van der Waals surface area contributed by atoms with Crippen LogP contribution >= 0.6 is 0 Å². The fraction of sp³-hybridized carbons (Fsp3) is 0.625. The summed E-state index contributed by atoms with van der Waals surface area (Å²) in [5, 5.41) is 10.9. The van der Waals surface area contributed by atoms with E-state index in [2.05, 4.69) is 5.32 Å². The predicted octanol–water partition coefficient (Wildman–Crippen LogP) is -0.0229. The Kier molecular flexibility index (Phi) is 3.29. The maximum Gasteiger partial charge on any atom is 0.327 e. The summed E-state index contributed by atoms with van der Waals surface area (Å²) < 4.78 is 0. The second-order valence-corrected chi connectivity index (χ2v) is 3.00. The molecule has 1 aliphatic heterocycles. The van der Waals surface area contributed by atoms with E-state index in [0.29, 0.717) is 19.6 Å². The van der Waals surface area contributed by atoms with Crippen molar-refractivity contribution in [2.75, 3.05) is 26.7 Å². The first kappa shape index (κ1) is 10.3. The van der Waals surface area contributed by atoms with Crippen molar-refractivity contribution >= 4 is 12.1 Å². The first-order valence-electron chi connectivity index (χ1n) is 4.34. The molecule has 0 radical (unpaired) electrons. The van der Waals surface area contributed by atoms with Gasteiger partial charge in [-0.3, -0.25) is 0 Å². The van der Waals surface area contributed by atoms with Crippen LogP contribution in [0, 0.1) is 11.3 Å². The van der Waals surface area contributed by atoms with Crippen LogP contribution in [0.15, 0.2) is 0 Å². The molecule has 6 nitrogen and oxygen atoms in total. The first-order valence-corrected chi connectivity index (χ1v) is 4.34. The van der Waals surface area contributed by atoms with Crippen LogP contribution < -0.4 is 5.32 Å². The van der Waals surface area contributed by atoms with Crippen LogP contribution in [0.1, 0.15) is 6.42 Å². The summed E-state index contributed by atoms with van der Waals surface area (Å²) in [4.78, 5) is 25.1. The van der Waals surface area contributed by atoms with Crippen molar-refractivity contribution in [1.29, 1.82) is 5.26 Å². The summed E-state index contributed by atoms with van der Waals surface area (Å²) >= 11 is 0. The van der Waals surface area contributed by atoms with Crippen molar-refractivity contribution in [3.8, 4) is 6.07 Å². The van der Waals surface area contributed by atoms with Crippen molar-refractivity contribution in [3.63, 3.8) is 0 Å². The Labute approximate surface area is 82.1 Å². The summed E-state index contributed by atoms with van der Waals surface area (Å²) in [6.45, 7) is 1.24. The van der Waals surface area contributed by atoms with Gasteiger partial charge in [0, 0.05) is 26.7 Å². The Morgan fingerprint density at radius 2 is 2.50 bits per heavy atom. The van der Waals surface area contributed by atoms with E-state index in [9.17, 15) is 9.59 Å². The summed E-state index contributed by atoms with van der Waals surface area (Å²) in [5.74, 6) is 0. The molecule has 14 heavy (non-hydrogen) atoms. The zero-order chi connectivity index (χ0) is 10.6. The van der Waals surface area contributed by atoms with Gasteiger partial charge in [-0.2, -0.15) is 5.26 Å². The number of carbonyl (C=O) groups is 2. The van der Waals surface area contributed by atoms with Crippen molar-refractivity contribution in [2.45, 2.75) is 6.42 Å². The van der Waals surface area contributed by atoms with E-state index >= 15 is 0 Å². The van der Waals surface area contributed by atoms with Crippen LogP contribution in [0.2, 0.25) is 0 Å². The molecule has 0 bridgehead atoms. The predicted molar refractivity (Wildman–Crippen MR) is 48.4 cm³/mol. The third-order valence-corrected chi connectivity index (χ3v) is 1.97. The highest BCUT2D eigenvalue weighted by Gasteiger charge is 2.28. The quantitative estimate of drug-likeness (QED) is 0.674. The number of carbonyl (C=O) groups excluding carboxylic acids is 2. The molecule has 0 aromatic rings. The van der Waals surface area contributed by atoms with Gasteiger partial charge in [0.15, 0.2) is 0 Å². The van der Waals surface area contributed by atoms with Gasteiger partial charge in [0.05, 0.1) is 12.5 Å². The van der Waals surface area contributed by atoms with Gasteiger partial charge in [0.2, 0.25) is 0 Å². The number of hydrogen-bond donors (Lipinski definition) is 1. The normalized spacial score (nSPS) is 14.9. The van der Waals surface area contributed by atoms with Gasteiger partial charge in [-0.1, -0.05) is 0 Å². The number of rotatable bonds is 2. The van der Waals surface area contributed by atoms with Gasteiger partial charge in [-0.05, 0) is 0 Å². The Hall–Kier alpha value is -1.77. The summed E-state index contributed by atoms with van der Waals surface area (Å²) in [7, 11) is 1.57. The highest BCUT2D eigenvalue weighted by Crippen LogP contribution is 2.02. The van der Waals surface area contributed by atoms with Gasteiger partial charge in [0.25, 0.3) is 0 Å². The summed E-state index contributed by atoms with van der Waals surface area (Å²) in [6, 6.07) is 1.23. The Morgan fingerprint density at radius 3 is 3.00 bits per heavy atom. The lowest BCUT2D eigenvalue weighted by molar-refractivity contribution is 0.173. The number of amides is 4. The number of hydrogen-bond acceptors (Lipinski definition) is 3. The molecule has 0 aliphatic carbocycles. The molecule has 0 aromatic carbocycles. The van der Waals surface area contributed by atoms with Crippen molar-refractivity contribution < 1.29 is 9.59 Å². The second kappa shape index (κ2) is 4.46. The van der Waals surface area contributed by atoms with E-state index < -0.39 is 0 Å². The average molecular weight is 196 g/mol. The molecule has 76 valence electrons. The van der Waals surface area contributed by atoms with E-state index in [-0.39, 0.29) is 18.5 Å². The maximum atomic E-state index is 11.5. The van der Waals surface area contributed by atoms with Gasteiger partial charge in [0.1, 0.15) is 0 Å². The van der Waals surface area contributed by atoms with E-state index in [1.54, 1.807) is 7.05 Å². The van der Waals surface area contributed by atoms with Crippen LogP contribution in [-0.4, -0.2) is 48.5 Å². The average Bonchev–Trinajstić information content (AvgIpc) is 2.59. The molecule has 1 aliphatic rings. The maximum absolute atomic E-state index is 11.5. The monoisotopic (exact) mass is 196 g/mol. The number of nitrogens with one attached hydrogen (secondary N) is 1. The number of imide groups is 1. The highest BCUT2D eigenvalue weighted by atomic mass is 16.2. The Balaban J connectivity index is 2.48. The Bertz CT molecular complexity index is 284. The lowest BCUT2D eigenvalue weighted by Gasteiger charge is -2.20. The van der Waals surface area contributed by atoms with Crippen LogP contribution in [0.4, 0.5) is 9.59 Å². The molecule has 6 heteroatoms. The van der Waals surface area contributed by atoms with Crippen LogP contribution in [0.25, 0.3) is 0 Å². The zero-order valence-corrected chi connectivity index (χ0v) is 7.99. The van der Waals surface area contributed by atoms with Crippen LogP contribution in [0.5, 0.6) is 0 Å². The van der Waals surface area contributed by atoms with Gasteiger partial charge in [-0.15, -0.1) is 0 Å². The highest BCUT2D eigenvalue weighted by molar-refractivity contribution is 5.94. The summed E-state index contributed by atoms with van der Waals surface area (Å²) in [6.07, 6.45) is 0.275. The van der Waals surface area contributed by atoms with Crippen molar-refractivity contribution in [2.24, 2.45) is 0 Å². The van der Waals surface area contributed by atoms with E-state index in [1.165, 1.54) is 4.90 Å². The number of urea groups is 2. The SMILES string of the molecule is CN(CCC#N)C(=O)N1CCNC1=O. The second-order valence-electron chi connectivity index (χ2n) is 3.00. The number of nitriles is 1. The standard InChI is InChI=1S/C8H12N4O2/c1-11(5-2-3-9)8(14)12-6-4-10-7(12)13/h2,4-6H2,1H3,(H,10,13). The molecule has 1 saturated heterocycles. The zero-order valence-electron chi connectivity index (χ0n) is 7.99. The molecule has 1 fully saturated rings. The van der Waals surface area contributed by atoms with E-state index in [4.69, 9.17) is 5.26 Å². The molecule has 0 aromatic heterocycles. The lowest BCUT2D eigenvalue weighted by atomic mass is 10.4. The van der Waals surface area contributed by atoms with E-state index in [1.807, 2.05) is 6.07 Å². The molecule has 1 N–H and O–H groups in total. The number of nitrogens with zero attached hydrogens (tertiary/aromatic N) is 3. The molecule has 1 heterocycles. The van der Waals surface area contributed by atoms with Crippen molar-refractivity contribution in [3.05, 3.63) is 0 Å². The van der Waals surface area contributed by atoms with E-state index in [0.717, 1.165) is 4.90 Å². The minimum atomic E-state index is -0.362. The smallest absolute Gasteiger partial charge is 0.327 e. The first-order chi connectivity index (χ1) is 6.66. The summed E-state index contributed by atoms with van der Waals surface area (Å²) in [5.41, 5.74) is 0. The minimum absolute atomic E-state index is 0.275. The molecular formula is C8H12N4O2. The lowest BCUT2D eigenvalue weighted by Crippen LogP contribution is -2.43. The molecule has 4 amide bonds. The topological polar surface area (TPSA) is 76.4 Å². The van der Waals surface area contributed by atoms with Gasteiger partial charge in [-0.25, -0.2) is 14.5 Å². The molecule has 0 saturated carbocycles. The third-order valence-electron chi connectivity index (χ3n) is 1.97. The molecule has 0 unspecified atom stereocenters. The van der Waals surface area contributed by atoms with Crippen LogP contribution in [0.3, 0.4) is 0 Å².